The SMILES string of the molecule is CN1CCN(C)C(C)(C)CC(C)(C)C1. The fourth-order valence-electron chi connectivity index (χ4n) is 2.80. The molecule has 0 amide bonds. The second-order valence-electron chi connectivity index (χ2n) is 6.31. The molecule has 0 radical (unpaired) electrons. The van der Waals surface area contributed by atoms with Crippen LogP contribution in [0.1, 0.15) is 34.1 Å². The number of likely N-dealkylation sites (N-methyl/N-ethyl adjacent to an activating group) is 2. The minimum atomic E-state index is 0.338. The zero-order valence-corrected chi connectivity index (χ0v) is 10.7. The first-order chi connectivity index (χ1) is 6.23. The Morgan fingerprint density at radius 3 is 2.07 bits per heavy atom. The van der Waals surface area contributed by atoms with Crippen LogP contribution in [0.15, 0.2) is 0 Å². The van der Waals surface area contributed by atoms with E-state index in [0.29, 0.717) is 11.0 Å². The summed E-state index contributed by atoms with van der Waals surface area (Å²) in [5, 5.41) is 0. The minimum absolute atomic E-state index is 0.338. The summed E-state index contributed by atoms with van der Waals surface area (Å²) in [6.07, 6.45) is 1.26. The van der Waals surface area contributed by atoms with Gasteiger partial charge in [-0.15, -0.1) is 0 Å². The third-order valence-electron chi connectivity index (χ3n) is 3.46. The molecule has 0 aromatic carbocycles. The maximum Gasteiger partial charge on any atom is 0.0156 e. The molecule has 1 aliphatic heterocycles. The summed E-state index contributed by atoms with van der Waals surface area (Å²) < 4.78 is 0. The lowest BCUT2D eigenvalue weighted by molar-refractivity contribution is 0.0428. The van der Waals surface area contributed by atoms with E-state index in [1.807, 2.05) is 0 Å². The van der Waals surface area contributed by atoms with E-state index in [0.717, 1.165) is 0 Å². The molecule has 14 heavy (non-hydrogen) atoms. The van der Waals surface area contributed by atoms with Crippen molar-refractivity contribution < 1.29 is 0 Å². The summed E-state index contributed by atoms with van der Waals surface area (Å²) in [4.78, 5) is 4.94. The summed E-state index contributed by atoms with van der Waals surface area (Å²) in [5.41, 5.74) is 0.762. The molecular weight excluding hydrogens is 172 g/mol. The van der Waals surface area contributed by atoms with Crippen molar-refractivity contribution in [3.05, 3.63) is 0 Å². The molecule has 0 N–H and O–H groups in total. The number of rotatable bonds is 0. The highest BCUT2D eigenvalue weighted by atomic mass is 15.2. The van der Waals surface area contributed by atoms with Gasteiger partial charge in [-0.2, -0.15) is 0 Å². The predicted octanol–water partition coefficient (Wildman–Crippen LogP) is 2.06. The quantitative estimate of drug-likeness (QED) is 0.588. The predicted molar refractivity (Wildman–Crippen MR) is 62.6 cm³/mol. The molecule has 1 fully saturated rings. The zero-order chi connectivity index (χ0) is 11.0. The van der Waals surface area contributed by atoms with E-state index in [9.17, 15) is 0 Å². The Hall–Kier alpha value is -0.0800. The van der Waals surface area contributed by atoms with E-state index in [4.69, 9.17) is 0 Å². The van der Waals surface area contributed by atoms with Gasteiger partial charge < -0.3 is 4.90 Å². The van der Waals surface area contributed by atoms with E-state index in [2.05, 4.69) is 51.6 Å². The molecule has 0 aromatic heterocycles. The van der Waals surface area contributed by atoms with Crippen LogP contribution in [0.5, 0.6) is 0 Å². The molecule has 0 bridgehead atoms. The van der Waals surface area contributed by atoms with Crippen molar-refractivity contribution in [3.63, 3.8) is 0 Å². The average Bonchev–Trinajstić information content (AvgIpc) is 1.95. The Bertz CT molecular complexity index is 196. The topological polar surface area (TPSA) is 6.48 Å². The molecule has 0 aromatic rings. The summed E-state index contributed by atoms with van der Waals surface area (Å²) in [6.45, 7) is 13.1. The second kappa shape index (κ2) is 3.82. The van der Waals surface area contributed by atoms with Crippen LogP contribution in [-0.4, -0.2) is 49.1 Å². The van der Waals surface area contributed by atoms with Crippen LogP contribution in [0.4, 0.5) is 0 Å². The molecule has 0 unspecified atom stereocenters. The van der Waals surface area contributed by atoms with Crippen molar-refractivity contribution in [2.75, 3.05) is 33.7 Å². The molecule has 0 spiro atoms. The Morgan fingerprint density at radius 1 is 0.929 bits per heavy atom. The highest BCUT2D eigenvalue weighted by Gasteiger charge is 2.34. The maximum atomic E-state index is 2.49. The van der Waals surface area contributed by atoms with Crippen molar-refractivity contribution in [2.45, 2.75) is 39.7 Å². The highest BCUT2D eigenvalue weighted by Crippen LogP contribution is 2.33. The van der Waals surface area contributed by atoms with Crippen LogP contribution in [0.25, 0.3) is 0 Å². The van der Waals surface area contributed by atoms with Crippen LogP contribution in [-0.2, 0) is 0 Å². The number of hydrogen-bond acceptors (Lipinski definition) is 2. The first-order valence-corrected chi connectivity index (χ1v) is 5.63. The third-order valence-corrected chi connectivity index (χ3v) is 3.46. The van der Waals surface area contributed by atoms with Crippen LogP contribution in [0.3, 0.4) is 0 Å². The molecule has 84 valence electrons. The molecule has 1 saturated heterocycles. The Labute approximate surface area is 89.3 Å². The Morgan fingerprint density at radius 2 is 1.50 bits per heavy atom. The molecule has 0 aliphatic carbocycles. The van der Waals surface area contributed by atoms with Gasteiger partial charge in [0.1, 0.15) is 0 Å². The van der Waals surface area contributed by atoms with Gasteiger partial charge in [-0.05, 0) is 39.8 Å². The second-order valence-corrected chi connectivity index (χ2v) is 6.31. The molecular formula is C12H26N2. The molecule has 1 heterocycles. The molecule has 1 rings (SSSR count). The third kappa shape index (κ3) is 2.96. The van der Waals surface area contributed by atoms with Crippen LogP contribution in [0.2, 0.25) is 0 Å². The first-order valence-electron chi connectivity index (χ1n) is 5.63. The maximum absolute atomic E-state index is 2.49. The highest BCUT2D eigenvalue weighted by molar-refractivity contribution is 4.89. The monoisotopic (exact) mass is 198 g/mol. The average molecular weight is 198 g/mol. The van der Waals surface area contributed by atoms with Gasteiger partial charge in [0, 0.05) is 25.2 Å². The first kappa shape index (κ1) is 12.0. The van der Waals surface area contributed by atoms with Gasteiger partial charge in [-0.3, -0.25) is 4.90 Å². The normalized spacial score (nSPS) is 29.6. The van der Waals surface area contributed by atoms with Crippen molar-refractivity contribution in [3.8, 4) is 0 Å². The van der Waals surface area contributed by atoms with Crippen molar-refractivity contribution in [1.29, 1.82) is 0 Å². The summed E-state index contributed by atoms with van der Waals surface area (Å²) in [6, 6.07) is 0. The smallest absolute Gasteiger partial charge is 0.0156 e. The summed E-state index contributed by atoms with van der Waals surface area (Å²) in [7, 11) is 4.48. The van der Waals surface area contributed by atoms with Crippen molar-refractivity contribution >= 4 is 0 Å². The fourth-order valence-corrected chi connectivity index (χ4v) is 2.80. The van der Waals surface area contributed by atoms with E-state index in [1.54, 1.807) is 0 Å². The number of nitrogens with zero attached hydrogens (tertiary/aromatic N) is 2. The molecule has 1 aliphatic rings. The molecule has 0 atom stereocenters. The van der Waals surface area contributed by atoms with Gasteiger partial charge in [0.15, 0.2) is 0 Å². The van der Waals surface area contributed by atoms with Gasteiger partial charge in [0.2, 0.25) is 0 Å². The Balaban J connectivity index is 2.77. The molecule has 2 heteroatoms. The van der Waals surface area contributed by atoms with Gasteiger partial charge in [0.05, 0.1) is 0 Å². The lowest BCUT2D eigenvalue weighted by Crippen LogP contribution is -2.51. The lowest BCUT2D eigenvalue weighted by Gasteiger charge is -2.46. The van der Waals surface area contributed by atoms with E-state index in [-0.39, 0.29) is 0 Å². The van der Waals surface area contributed by atoms with Gasteiger partial charge in [-0.25, -0.2) is 0 Å². The summed E-state index contributed by atoms with van der Waals surface area (Å²) >= 11 is 0. The van der Waals surface area contributed by atoms with Crippen molar-refractivity contribution in [1.82, 2.24) is 9.80 Å². The largest absolute Gasteiger partial charge is 0.305 e. The van der Waals surface area contributed by atoms with E-state index < -0.39 is 0 Å². The summed E-state index contributed by atoms with van der Waals surface area (Å²) in [5.74, 6) is 0. The van der Waals surface area contributed by atoms with Crippen LogP contribution < -0.4 is 0 Å². The van der Waals surface area contributed by atoms with Gasteiger partial charge in [-0.1, -0.05) is 13.8 Å². The number of hydrogen-bond donors (Lipinski definition) is 0. The zero-order valence-electron chi connectivity index (χ0n) is 10.7. The van der Waals surface area contributed by atoms with E-state index in [1.165, 1.54) is 26.1 Å². The van der Waals surface area contributed by atoms with Crippen LogP contribution >= 0.6 is 0 Å². The Kier molecular flexibility index (Phi) is 3.27. The lowest BCUT2D eigenvalue weighted by atomic mass is 9.78. The standard InChI is InChI=1S/C12H26N2/c1-11(2)9-12(3,4)14(6)8-7-13(5)10-11/h7-10H2,1-6H3. The van der Waals surface area contributed by atoms with Gasteiger partial charge >= 0.3 is 0 Å². The van der Waals surface area contributed by atoms with Gasteiger partial charge in [0.25, 0.3) is 0 Å². The fraction of sp³-hybridized carbons (Fsp3) is 1.00. The van der Waals surface area contributed by atoms with Crippen molar-refractivity contribution in [2.24, 2.45) is 5.41 Å². The minimum Gasteiger partial charge on any atom is -0.305 e. The molecule has 2 nitrogen and oxygen atoms in total. The molecule has 0 saturated carbocycles. The van der Waals surface area contributed by atoms with E-state index >= 15 is 0 Å². The van der Waals surface area contributed by atoms with Crippen LogP contribution in [0, 0.1) is 5.41 Å².